The van der Waals surface area contributed by atoms with Gasteiger partial charge in [0.2, 0.25) is 0 Å². The van der Waals surface area contributed by atoms with Crippen molar-refractivity contribution < 1.29 is 10.0 Å². The number of benzene rings is 1. The number of hydrogen-bond acceptors (Lipinski definition) is 5. The fourth-order valence-corrected chi connectivity index (χ4v) is 3.88. The van der Waals surface area contributed by atoms with E-state index in [1.807, 2.05) is 0 Å². The third kappa shape index (κ3) is 3.43. The maximum atomic E-state index is 10.7. The van der Waals surface area contributed by atoms with E-state index in [2.05, 4.69) is 34.3 Å². The highest BCUT2D eigenvalue weighted by Gasteiger charge is 2.38. The Labute approximate surface area is 146 Å². The molecule has 1 aromatic carbocycles. The van der Waals surface area contributed by atoms with Crippen LogP contribution in [-0.2, 0) is 13.0 Å². The van der Waals surface area contributed by atoms with Crippen LogP contribution in [0.4, 0.5) is 5.69 Å². The predicted molar refractivity (Wildman–Crippen MR) is 92.1 cm³/mol. The van der Waals surface area contributed by atoms with Crippen molar-refractivity contribution in [3.8, 4) is 0 Å². The van der Waals surface area contributed by atoms with Crippen molar-refractivity contribution in [2.45, 2.75) is 50.4 Å². The Morgan fingerprint density at radius 2 is 2.16 bits per heavy atom. The third-order valence-electron chi connectivity index (χ3n) is 5.17. The summed E-state index contributed by atoms with van der Waals surface area (Å²) in [6, 6.07) is 9.47. The first-order valence-electron chi connectivity index (χ1n) is 8.80. The highest BCUT2D eigenvalue weighted by atomic mass is 16.6. The summed E-state index contributed by atoms with van der Waals surface area (Å²) in [4.78, 5) is 12.7. The average molecular weight is 342 g/mol. The molecule has 132 valence electrons. The quantitative estimate of drug-likeness (QED) is 0.616. The summed E-state index contributed by atoms with van der Waals surface area (Å²) >= 11 is 0. The van der Waals surface area contributed by atoms with Crippen LogP contribution in [0.25, 0.3) is 0 Å². The number of aliphatic hydroxyl groups excluding tert-OH is 1. The van der Waals surface area contributed by atoms with E-state index in [1.165, 1.54) is 41.0 Å². The summed E-state index contributed by atoms with van der Waals surface area (Å²) in [6.45, 7) is 0.836. The summed E-state index contributed by atoms with van der Waals surface area (Å²) in [5.41, 5.74) is 2.75. The first kappa shape index (κ1) is 16.2. The van der Waals surface area contributed by atoms with Crippen LogP contribution >= 0.6 is 0 Å². The van der Waals surface area contributed by atoms with Crippen LogP contribution in [0.15, 0.2) is 36.7 Å². The highest BCUT2D eigenvalue weighted by molar-refractivity contribution is 5.34. The smallest absolute Gasteiger partial charge is 0.306 e. The summed E-state index contributed by atoms with van der Waals surface area (Å²) in [5.74, 6) is 0. The summed E-state index contributed by atoms with van der Waals surface area (Å²) in [7, 11) is 0. The van der Waals surface area contributed by atoms with Gasteiger partial charge in [0.05, 0.1) is 17.6 Å². The Kier molecular flexibility index (Phi) is 4.27. The zero-order valence-corrected chi connectivity index (χ0v) is 14.0. The van der Waals surface area contributed by atoms with Crippen LogP contribution in [-0.4, -0.2) is 43.4 Å². The number of fused-ring (bicyclic) bond motifs is 1. The van der Waals surface area contributed by atoms with Gasteiger partial charge in [0.25, 0.3) is 0 Å². The number of rotatable bonds is 7. The molecule has 1 heterocycles. The minimum Gasteiger partial charge on any atom is -0.390 e. The third-order valence-corrected chi connectivity index (χ3v) is 5.17. The van der Waals surface area contributed by atoms with Gasteiger partial charge in [-0.25, -0.2) is 0 Å². The second-order valence-corrected chi connectivity index (χ2v) is 7.01. The molecule has 0 aliphatic heterocycles. The van der Waals surface area contributed by atoms with Gasteiger partial charge in [-0.1, -0.05) is 24.3 Å². The van der Waals surface area contributed by atoms with E-state index < -0.39 is 11.0 Å². The average Bonchev–Trinajstić information content (AvgIpc) is 3.17. The van der Waals surface area contributed by atoms with Crippen molar-refractivity contribution in [2.75, 3.05) is 6.54 Å². The lowest BCUT2D eigenvalue weighted by Crippen LogP contribution is -2.38. The lowest BCUT2D eigenvalue weighted by atomic mass is 10.1. The molecule has 2 aliphatic carbocycles. The Morgan fingerprint density at radius 1 is 1.36 bits per heavy atom. The monoisotopic (exact) mass is 342 g/mol. The van der Waals surface area contributed by atoms with Gasteiger partial charge in [-0.3, -0.25) is 19.7 Å². The molecular formula is C18H22N4O3. The normalized spacial score (nSPS) is 20.6. The molecule has 1 fully saturated rings. The Balaban J connectivity index is 1.44. The van der Waals surface area contributed by atoms with Crippen molar-refractivity contribution >= 4 is 5.69 Å². The maximum Gasteiger partial charge on any atom is 0.306 e. The van der Waals surface area contributed by atoms with Gasteiger partial charge in [0, 0.05) is 18.6 Å². The highest BCUT2D eigenvalue weighted by Crippen LogP contribution is 2.41. The molecule has 0 unspecified atom stereocenters. The van der Waals surface area contributed by atoms with E-state index in [0.29, 0.717) is 18.6 Å². The Hall–Kier alpha value is -2.25. The molecule has 1 saturated carbocycles. The maximum absolute atomic E-state index is 10.7. The summed E-state index contributed by atoms with van der Waals surface area (Å²) in [6.07, 6.45) is 6.53. The molecule has 0 bridgehead atoms. The van der Waals surface area contributed by atoms with Crippen LogP contribution < -0.4 is 0 Å². The SMILES string of the molecule is O=[N+]([O-])c1cnn(C[C@@H](O)CN(C2CC2)[C@H]2CCc3ccccc32)c1. The van der Waals surface area contributed by atoms with Gasteiger partial charge < -0.3 is 5.11 Å². The minimum absolute atomic E-state index is 0.0454. The number of aromatic nitrogens is 2. The lowest BCUT2D eigenvalue weighted by Gasteiger charge is -2.31. The zero-order valence-electron chi connectivity index (χ0n) is 14.0. The second-order valence-electron chi connectivity index (χ2n) is 7.01. The van der Waals surface area contributed by atoms with Crippen LogP contribution in [0.1, 0.15) is 36.4 Å². The fourth-order valence-electron chi connectivity index (χ4n) is 3.88. The standard InChI is InChI=1S/C18H22N4O3/c23-16(11-20-10-15(9-19-20)22(24)25)12-21(14-6-7-14)18-8-5-13-3-1-2-4-17(13)18/h1-4,9-10,14,16,18,23H,5-8,11-12H2/t16-,18+/m1/s1. The van der Waals surface area contributed by atoms with Gasteiger partial charge >= 0.3 is 5.69 Å². The van der Waals surface area contributed by atoms with E-state index in [0.717, 1.165) is 12.8 Å². The topological polar surface area (TPSA) is 84.4 Å². The molecule has 1 aromatic heterocycles. The molecule has 7 nitrogen and oxygen atoms in total. The minimum atomic E-state index is -0.604. The first-order valence-corrected chi connectivity index (χ1v) is 8.80. The van der Waals surface area contributed by atoms with Crippen molar-refractivity contribution in [3.63, 3.8) is 0 Å². The van der Waals surface area contributed by atoms with E-state index in [4.69, 9.17) is 0 Å². The predicted octanol–water partition coefficient (Wildman–Crippen LogP) is 2.30. The van der Waals surface area contributed by atoms with E-state index in [-0.39, 0.29) is 12.2 Å². The van der Waals surface area contributed by atoms with Gasteiger partial charge in [-0.2, -0.15) is 5.10 Å². The lowest BCUT2D eigenvalue weighted by molar-refractivity contribution is -0.385. The fraction of sp³-hybridized carbons (Fsp3) is 0.500. The molecule has 0 amide bonds. The molecule has 0 spiro atoms. The van der Waals surface area contributed by atoms with Crippen molar-refractivity contribution in [2.24, 2.45) is 0 Å². The molecule has 25 heavy (non-hydrogen) atoms. The largest absolute Gasteiger partial charge is 0.390 e. The molecule has 2 aliphatic rings. The van der Waals surface area contributed by atoms with Crippen molar-refractivity contribution in [1.82, 2.24) is 14.7 Å². The van der Waals surface area contributed by atoms with Crippen molar-refractivity contribution in [1.29, 1.82) is 0 Å². The number of aliphatic hydroxyl groups is 1. The zero-order chi connectivity index (χ0) is 17.4. The van der Waals surface area contributed by atoms with E-state index in [1.54, 1.807) is 0 Å². The van der Waals surface area contributed by atoms with Crippen LogP contribution in [0, 0.1) is 10.1 Å². The number of hydrogen-bond donors (Lipinski definition) is 1. The van der Waals surface area contributed by atoms with Gasteiger partial charge in [-0.15, -0.1) is 0 Å². The van der Waals surface area contributed by atoms with Gasteiger partial charge in [0.1, 0.15) is 12.4 Å². The molecule has 2 atom stereocenters. The Morgan fingerprint density at radius 3 is 2.88 bits per heavy atom. The summed E-state index contributed by atoms with van der Waals surface area (Å²) in [5, 5.41) is 25.3. The van der Waals surface area contributed by atoms with Crippen LogP contribution in [0.3, 0.4) is 0 Å². The van der Waals surface area contributed by atoms with Gasteiger partial charge in [-0.05, 0) is 36.8 Å². The van der Waals surface area contributed by atoms with Gasteiger partial charge in [0.15, 0.2) is 0 Å². The molecule has 1 N–H and O–H groups in total. The molecule has 2 aromatic rings. The molecular weight excluding hydrogens is 320 g/mol. The van der Waals surface area contributed by atoms with Crippen LogP contribution in [0.5, 0.6) is 0 Å². The first-order chi connectivity index (χ1) is 12.1. The Bertz CT molecular complexity index is 771. The number of nitrogens with zero attached hydrogens (tertiary/aromatic N) is 4. The van der Waals surface area contributed by atoms with E-state index >= 15 is 0 Å². The summed E-state index contributed by atoms with van der Waals surface area (Å²) < 4.78 is 1.45. The molecule has 4 rings (SSSR count). The second kappa shape index (κ2) is 6.57. The molecule has 0 saturated heterocycles. The van der Waals surface area contributed by atoms with Crippen LogP contribution in [0.2, 0.25) is 0 Å². The molecule has 7 heteroatoms. The number of aryl methyl sites for hydroxylation is 1. The van der Waals surface area contributed by atoms with Crippen molar-refractivity contribution in [3.05, 3.63) is 57.9 Å². The number of nitro groups is 1. The molecule has 0 radical (unpaired) electrons. The van der Waals surface area contributed by atoms with E-state index in [9.17, 15) is 15.2 Å².